The number of aryl methyl sites for hydroxylation is 1. The summed E-state index contributed by atoms with van der Waals surface area (Å²) in [5.74, 6) is 3.29. The van der Waals surface area contributed by atoms with E-state index in [0.717, 1.165) is 42.2 Å². The van der Waals surface area contributed by atoms with Crippen LogP contribution in [0.15, 0.2) is 78.9 Å². The maximum atomic E-state index is 6.31. The molecule has 5 rings (SSSR count). The second kappa shape index (κ2) is 9.62. The molecule has 1 heterocycles. The van der Waals surface area contributed by atoms with E-state index in [1.807, 2.05) is 6.07 Å². The van der Waals surface area contributed by atoms with E-state index in [1.165, 1.54) is 16.7 Å². The summed E-state index contributed by atoms with van der Waals surface area (Å²) in [6, 6.07) is 23.4. The first-order chi connectivity index (χ1) is 16.3. The van der Waals surface area contributed by atoms with Gasteiger partial charge in [0.1, 0.15) is 5.75 Å². The molecule has 33 heavy (non-hydrogen) atoms. The van der Waals surface area contributed by atoms with Crippen molar-refractivity contribution >= 4 is 5.69 Å². The maximum Gasteiger partial charge on any atom is 0.161 e. The van der Waals surface area contributed by atoms with Gasteiger partial charge in [0.05, 0.1) is 32.6 Å². The van der Waals surface area contributed by atoms with Crippen LogP contribution in [-0.4, -0.2) is 20.8 Å². The van der Waals surface area contributed by atoms with Gasteiger partial charge >= 0.3 is 0 Å². The number of hydrogen-bond acceptors (Lipinski definition) is 4. The van der Waals surface area contributed by atoms with Crippen LogP contribution in [0, 0.1) is 5.92 Å². The van der Waals surface area contributed by atoms with Gasteiger partial charge in [-0.05, 0) is 60.1 Å². The van der Waals surface area contributed by atoms with Gasteiger partial charge in [0, 0.05) is 5.92 Å². The average molecular weight is 442 g/mol. The van der Waals surface area contributed by atoms with Crippen LogP contribution in [-0.2, 0) is 6.42 Å². The summed E-state index contributed by atoms with van der Waals surface area (Å²) in [4.78, 5) is 0. The monoisotopic (exact) mass is 441 g/mol. The highest BCUT2D eigenvalue weighted by Gasteiger charge is 2.39. The Kier molecular flexibility index (Phi) is 6.25. The van der Waals surface area contributed by atoms with Crippen molar-refractivity contribution in [1.82, 2.24) is 0 Å². The molecule has 0 radical (unpaired) electrons. The van der Waals surface area contributed by atoms with Gasteiger partial charge in [-0.25, -0.2) is 0 Å². The van der Waals surface area contributed by atoms with Crippen LogP contribution >= 0.6 is 0 Å². The fraction of sp³-hybridized carbons (Fsp3) is 0.310. The Morgan fingerprint density at radius 1 is 0.879 bits per heavy atom. The molecule has 0 fully saturated rings. The first-order valence-electron chi connectivity index (χ1n) is 11.7. The molecule has 1 N–H and O–H groups in total. The van der Waals surface area contributed by atoms with Crippen molar-refractivity contribution in [3.8, 4) is 17.2 Å². The number of anilines is 1. The normalized spacial score (nSPS) is 20.5. The lowest BCUT2D eigenvalue weighted by atomic mass is 9.77. The SMILES string of the molecule is COc1ccc(C2Nc3c(OCCCc4ccccc4)cccc3C3C=CCC32)cc1OC. The molecule has 0 bridgehead atoms. The zero-order chi connectivity index (χ0) is 22.6. The summed E-state index contributed by atoms with van der Waals surface area (Å²) < 4.78 is 17.3. The number of benzene rings is 3. The molecule has 3 aromatic carbocycles. The summed E-state index contributed by atoms with van der Waals surface area (Å²) in [7, 11) is 3.36. The minimum atomic E-state index is 0.173. The molecule has 0 amide bonds. The highest BCUT2D eigenvalue weighted by atomic mass is 16.5. The molecule has 2 aliphatic rings. The van der Waals surface area contributed by atoms with Crippen molar-refractivity contribution in [2.24, 2.45) is 5.92 Å². The first kappa shape index (κ1) is 21.4. The van der Waals surface area contributed by atoms with Crippen LogP contribution in [0.1, 0.15) is 41.5 Å². The Labute approximate surface area is 196 Å². The summed E-state index contributed by atoms with van der Waals surface area (Å²) in [5, 5.41) is 3.84. The number of hydrogen-bond donors (Lipinski definition) is 1. The van der Waals surface area contributed by atoms with Crippen LogP contribution in [0.5, 0.6) is 17.2 Å². The Bertz CT molecular complexity index is 1120. The van der Waals surface area contributed by atoms with Crippen molar-refractivity contribution in [3.05, 3.63) is 95.6 Å². The molecule has 3 aromatic rings. The van der Waals surface area contributed by atoms with Crippen LogP contribution in [0.4, 0.5) is 5.69 Å². The van der Waals surface area contributed by atoms with E-state index in [-0.39, 0.29) is 6.04 Å². The number of rotatable bonds is 8. The van der Waals surface area contributed by atoms with Crippen LogP contribution in [0.2, 0.25) is 0 Å². The van der Waals surface area contributed by atoms with E-state index in [2.05, 4.69) is 78.1 Å². The van der Waals surface area contributed by atoms with Gasteiger partial charge in [-0.15, -0.1) is 0 Å². The minimum absolute atomic E-state index is 0.173. The second-order valence-electron chi connectivity index (χ2n) is 8.75. The molecular formula is C29H31NO3. The predicted octanol–water partition coefficient (Wildman–Crippen LogP) is 6.54. The number of nitrogens with one attached hydrogen (secondary N) is 1. The summed E-state index contributed by atoms with van der Waals surface area (Å²) in [6.07, 6.45) is 7.73. The van der Waals surface area contributed by atoms with Gasteiger partial charge in [0.15, 0.2) is 11.5 Å². The van der Waals surface area contributed by atoms with Crippen molar-refractivity contribution in [2.75, 3.05) is 26.1 Å². The first-order valence-corrected chi connectivity index (χ1v) is 11.7. The molecule has 0 saturated carbocycles. The molecule has 3 unspecified atom stereocenters. The van der Waals surface area contributed by atoms with Gasteiger partial charge in [-0.2, -0.15) is 0 Å². The molecule has 170 valence electrons. The molecular weight excluding hydrogens is 410 g/mol. The third kappa shape index (κ3) is 4.30. The molecule has 0 aromatic heterocycles. The van der Waals surface area contributed by atoms with E-state index >= 15 is 0 Å². The molecule has 0 spiro atoms. The number of methoxy groups -OCH3 is 2. The zero-order valence-corrected chi connectivity index (χ0v) is 19.3. The number of para-hydroxylation sites is 1. The van der Waals surface area contributed by atoms with E-state index < -0.39 is 0 Å². The predicted molar refractivity (Wildman–Crippen MR) is 133 cm³/mol. The lowest BCUT2D eigenvalue weighted by Gasteiger charge is -2.38. The largest absolute Gasteiger partial charge is 0.493 e. The van der Waals surface area contributed by atoms with Gasteiger partial charge < -0.3 is 19.5 Å². The number of ether oxygens (including phenoxy) is 3. The Morgan fingerprint density at radius 3 is 2.55 bits per heavy atom. The molecule has 1 aliphatic carbocycles. The molecule has 3 atom stereocenters. The van der Waals surface area contributed by atoms with E-state index in [9.17, 15) is 0 Å². The number of allylic oxidation sites excluding steroid dienone is 2. The highest BCUT2D eigenvalue weighted by molar-refractivity contribution is 5.68. The highest BCUT2D eigenvalue weighted by Crippen LogP contribution is 2.52. The molecule has 0 saturated heterocycles. The third-order valence-corrected chi connectivity index (χ3v) is 6.84. The van der Waals surface area contributed by atoms with E-state index in [1.54, 1.807) is 14.2 Å². The van der Waals surface area contributed by atoms with Crippen LogP contribution < -0.4 is 19.5 Å². The molecule has 4 nitrogen and oxygen atoms in total. The lowest BCUT2D eigenvalue weighted by molar-refractivity contribution is 0.309. The summed E-state index contributed by atoms with van der Waals surface area (Å²) in [5.41, 5.74) is 4.99. The topological polar surface area (TPSA) is 39.7 Å². The standard InChI is InChI=1S/C29H31NO3/c1-31-25-17-16-21(19-27(25)32-2)28-23-13-6-12-22(23)24-14-7-15-26(29(24)30-28)33-18-8-11-20-9-4-3-5-10-20/h3-7,9-10,12,14-17,19,22-23,28,30H,8,11,13,18H2,1-2H3. The van der Waals surface area contributed by atoms with E-state index in [4.69, 9.17) is 14.2 Å². The van der Waals surface area contributed by atoms with E-state index in [0.29, 0.717) is 18.4 Å². The Hall–Kier alpha value is -3.40. The van der Waals surface area contributed by atoms with Gasteiger partial charge in [0.2, 0.25) is 0 Å². The van der Waals surface area contributed by atoms with Crippen molar-refractivity contribution in [3.63, 3.8) is 0 Å². The van der Waals surface area contributed by atoms with Crippen LogP contribution in [0.25, 0.3) is 0 Å². The minimum Gasteiger partial charge on any atom is -0.493 e. The maximum absolute atomic E-state index is 6.31. The van der Waals surface area contributed by atoms with Crippen LogP contribution in [0.3, 0.4) is 0 Å². The summed E-state index contributed by atoms with van der Waals surface area (Å²) in [6.45, 7) is 0.692. The molecule has 4 heteroatoms. The smallest absolute Gasteiger partial charge is 0.161 e. The fourth-order valence-corrected chi connectivity index (χ4v) is 5.19. The van der Waals surface area contributed by atoms with Gasteiger partial charge in [-0.3, -0.25) is 0 Å². The van der Waals surface area contributed by atoms with Crippen molar-refractivity contribution in [1.29, 1.82) is 0 Å². The Balaban J connectivity index is 1.38. The fourth-order valence-electron chi connectivity index (χ4n) is 5.19. The third-order valence-electron chi connectivity index (χ3n) is 6.84. The molecule has 1 aliphatic heterocycles. The van der Waals surface area contributed by atoms with Gasteiger partial charge in [0.25, 0.3) is 0 Å². The summed E-state index contributed by atoms with van der Waals surface area (Å²) >= 11 is 0. The quantitative estimate of drug-likeness (QED) is 0.318. The average Bonchev–Trinajstić information content (AvgIpc) is 3.37. The van der Waals surface area contributed by atoms with Crippen molar-refractivity contribution in [2.45, 2.75) is 31.2 Å². The van der Waals surface area contributed by atoms with Crippen molar-refractivity contribution < 1.29 is 14.2 Å². The van der Waals surface area contributed by atoms with Gasteiger partial charge in [-0.1, -0.05) is 60.7 Å². The number of fused-ring (bicyclic) bond motifs is 3. The second-order valence-corrected chi connectivity index (χ2v) is 8.75. The lowest BCUT2D eigenvalue weighted by Crippen LogP contribution is -2.29. The Morgan fingerprint density at radius 2 is 1.73 bits per heavy atom. The zero-order valence-electron chi connectivity index (χ0n) is 19.3.